The van der Waals surface area contributed by atoms with E-state index in [9.17, 15) is 0 Å². The van der Waals surface area contributed by atoms with E-state index in [4.69, 9.17) is 5.73 Å². The fourth-order valence-electron chi connectivity index (χ4n) is 2.43. The fraction of sp³-hybridized carbons (Fsp3) is 0.769. The van der Waals surface area contributed by atoms with Crippen molar-refractivity contribution in [2.24, 2.45) is 5.73 Å². The predicted molar refractivity (Wildman–Crippen MR) is 64.3 cm³/mol. The van der Waals surface area contributed by atoms with Gasteiger partial charge in [-0.2, -0.15) is 5.10 Å². The van der Waals surface area contributed by atoms with E-state index < -0.39 is 0 Å². The van der Waals surface area contributed by atoms with E-state index in [0.717, 1.165) is 18.8 Å². The summed E-state index contributed by atoms with van der Waals surface area (Å²) >= 11 is 0. The Morgan fingerprint density at radius 3 is 2.44 bits per heavy atom. The molecule has 3 heteroatoms. The van der Waals surface area contributed by atoms with E-state index in [1.807, 2.05) is 6.20 Å². The van der Waals surface area contributed by atoms with Gasteiger partial charge >= 0.3 is 0 Å². The maximum atomic E-state index is 6.34. The van der Waals surface area contributed by atoms with Crippen molar-refractivity contribution in [2.75, 3.05) is 0 Å². The molecule has 2 N–H and O–H groups in total. The van der Waals surface area contributed by atoms with Crippen LogP contribution in [0.4, 0.5) is 0 Å². The second kappa shape index (κ2) is 2.89. The topological polar surface area (TPSA) is 43.8 Å². The molecule has 0 aliphatic heterocycles. The van der Waals surface area contributed by atoms with Gasteiger partial charge in [-0.3, -0.25) is 4.68 Å². The van der Waals surface area contributed by atoms with Gasteiger partial charge in [0.1, 0.15) is 0 Å². The standard InChI is InChI=1S/C13H21N3/c1-12(2,3)16-11(9-4-5-9)10(8-15-16)13(14)6-7-13/h8-9H,4-7,14H2,1-3H3. The Labute approximate surface area is 97.0 Å². The molecule has 1 aromatic rings. The third kappa shape index (κ3) is 1.49. The molecule has 0 aromatic carbocycles. The van der Waals surface area contributed by atoms with Crippen LogP contribution in [0.2, 0.25) is 0 Å². The van der Waals surface area contributed by atoms with Crippen molar-refractivity contribution in [1.29, 1.82) is 0 Å². The van der Waals surface area contributed by atoms with E-state index in [1.165, 1.54) is 24.1 Å². The minimum Gasteiger partial charge on any atom is -0.321 e. The summed E-state index contributed by atoms with van der Waals surface area (Å²) < 4.78 is 2.20. The third-order valence-corrected chi connectivity index (χ3v) is 3.73. The molecule has 0 spiro atoms. The van der Waals surface area contributed by atoms with Gasteiger partial charge < -0.3 is 5.73 Å². The molecule has 2 aliphatic rings. The highest BCUT2D eigenvalue weighted by Crippen LogP contribution is 2.51. The quantitative estimate of drug-likeness (QED) is 0.830. The van der Waals surface area contributed by atoms with Gasteiger partial charge in [0.25, 0.3) is 0 Å². The van der Waals surface area contributed by atoms with E-state index in [2.05, 4.69) is 30.6 Å². The zero-order chi connectivity index (χ0) is 11.6. The molecule has 0 bridgehead atoms. The minimum absolute atomic E-state index is 0.0403. The highest BCUT2D eigenvalue weighted by Gasteiger charge is 2.46. The molecule has 2 saturated carbocycles. The van der Waals surface area contributed by atoms with Gasteiger partial charge in [0, 0.05) is 22.7 Å². The van der Waals surface area contributed by atoms with Gasteiger partial charge in [0.05, 0.1) is 11.7 Å². The van der Waals surface area contributed by atoms with Crippen LogP contribution in [0.25, 0.3) is 0 Å². The van der Waals surface area contributed by atoms with Crippen LogP contribution in [-0.2, 0) is 11.1 Å². The Balaban J connectivity index is 2.10. The Kier molecular flexibility index (Phi) is 1.87. The Morgan fingerprint density at radius 2 is 2.00 bits per heavy atom. The number of nitrogens with zero attached hydrogens (tertiary/aromatic N) is 2. The summed E-state index contributed by atoms with van der Waals surface area (Å²) in [6.07, 6.45) is 6.90. The molecular weight excluding hydrogens is 198 g/mol. The molecular formula is C13H21N3. The first-order valence-corrected chi connectivity index (χ1v) is 6.30. The van der Waals surface area contributed by atoms with Crippen molar-refractivity contribution >= 4 is 0 Å². The maximum Gasteiger partial charge on any atom is 0.0546 e. The summed E-state index contributed by atoms with van der Waals surface area (Å²) in [5.74, 6) is 0.720. The SMILES string of the molecule is CC(C)(C)n1ncc(C2(N)CC2)c1C1CC1. The number of hydrogen-bond donors (Lipinski definition) is 1. The Bertz CT molecular complexity index is 394. The van der Waals surface area contributed by atoms with E-state index in [1.54, 1.807) is 0 Å². The molecule has 1 aromatic heterocycles. The highest BCUT2D eigenvalue weighted by molar-refractivity contribution is 5.36. The second-order valence-corrected chi connectivity index (χ2v) is 6.46. The molecule has 0 atom stereocenters. The van der Waals surface area contributed by atoms with Crippen molar-refractivity contribution in [3.8, 4) is 0 Å². The van der Waals surface area contributed by atoms with Crippen LogP contribution in [0.1, 0.15) is 63.6 Å². The number of aromatic nitrogens is 2. The van der Waals surface area contributed by atoms with E-state index in [0.29, 0.717) is 0 Å². The molecule has 16 heavy (non-hydrogen) atoms. The van der Waals surface area contributed by atoms with Gasteiger partial charge in [-0.25, -0.2) is 0 Å². The molecule has 1 heterocycles. The number of hydrogen-bond acceptors (Lipinski definition) is 2. The van der Waals surface area contributed by atoms with Crippen LogP contribution in [0, 0.1) is 0 Å². The van der Waals surface area contributed by atoms with Crippen LogP contribution in [-0.4, -0.2) is 9.78 Å². The lowest BCUT2D eigenvalue weighted by Gasteiger charge is -2.23. The average Bonchev–Trinajstić information content (AvgIpc) is 3.08. The zero-order valence-electron chi connectivity index (χ0n) is 10.5. The summed E-state index contributed by atoms with van der Waals surface area (Å²) in [7, 11) is 0. The summed E-state index contributed by atoms with van der Waals surface area (Å²) in [5, 5.41) is 4.59. The van der Waals surface area contributed by atoms with Gasteiger partial charge in [-0.15, -0.1) is 0 Å². The smallest absolute Gasteiger partial charge is 0.0546 e. The van der Waals surface area contributed by atoms with Gasteiger partial charge in [-0.05, 0) is 46.5 Å². The first kappa shape index (κ1) is 10.3. The highest BCUT2D eigenvalue weighted by atomic mass is 15.3. The summed E-state index contributed by atoms with van der Waals surface area (Å²) in [4.78, 5) is 0. The molecule has 0 saturated heterocycles. The van der Waals surface area contributed by atoms with E-state index in [-0.39, 0.29) is 11.1 Å². The number of nitrogens with two attached hydrogens (primary N) is 1. The predicted octanol–water partition coefficient (Wildman–Crippen LogP) is 2.46. The summed E-state index contributed by atoms with van der Waals surface area (Å²) in [6.45, 7) is 6.64. The largest absolute Gasteiger partial charge is 0.321 e. The molecule has 2 aliphatic carbocycles. The monoisotopic (exact) mass is 219 g/mol. The van der Waals surface area contributed by atoms with Crippen molar-refractivity contribution in [1.82, 2.24) is 9.78 Å². The van der Waals surface area contributed by atoms with Crippen molar-refractivity contribution < 1.29 is 0 Å². The second-order valence-electron chi connectivity index (χ2n) is 6.46. The van der Waals surface area contributed by atoms with Crippen LogP contribution < -0.4 is 5.73 Å². The average molecular weight is 219 g/mol. The molecule has 0 amide bonds. The molecule has 88 valence electrons. The van der Waals surface area contributed by atoms with Crippen LogP contribution in [0.15, 0.2) is 6.20 Å². The molecule has 0 radical (unpaired) electrons. The number of rotatable bonds is 2. The van der Waals surface area contributed by atoms with Crippen molar-refractivity contribution in [3.05, 3.63) is 17.5 Å². The minimum atomic E-state index is -0.0403. The molecule has 2 fully saturated rings. The van der Waals surface area contributed by atoms with Gasteiger partial charge in [0.2, 0.25) is 0 Å². The van der Waals surface area contributed by atoms with Gasteiger partial charge in [0.15, 0.2) is 0 Å². The Morgan fingerprint density at radius 1 is 1.38 bits per heavy atom. The lowest BCUT2D eigenvalue weighted by molar-refractivity contribution is 0.342. The van der Waals surface area contributed by atoms with Crippen molar-refractivity contribution in [3.63, 3.8) is 0 Å². The Hall–Kier alpha value is -0.830. The lowest BCUT2D eigenvalue weighted by Crippen LogP contribution is -2.27. The van der Waals surface area contributed by atoms with Crippen LogP contribution in [0.5, 0.6) is 0 Å². The third-order valence-electron chi connectivity index (χ3n) is 3.73. The lowest BCUT2D eigenvalue weighted by atomic mass is 10.0. The fourth-order valence-corrected chi connectivity index (χ4v) is 2.43. The van der Waals surface area contributed by atoms with Crippen LogP contribution in [0.3, 0.4) is 0 Å². The molecule has 3 nitrogen and oxygen atoms in total. The maximum absolute atomic E-state index is 6.34. The first-order valence-electron chi connectivity index (χ1n) is 6.30. The summed E-state index contributed by atoms with van der Waals surface area (Å²) in [6, 6.07) is 0. The van der Waals surface area contributed by atoms with Gasteiger partial charge in [-0.1, -0.05) is 0 Å². The molecule has 3 rings (SSSR count). The zero-order valence-corrected chi connectivity index (χ0v) is 10.5. The van der Waals surface area contributed by atoms with E-state index >= 15 is 0 Å². The van der Waals surface area contributed by atoms with Crippen LogP contribution >= 0.6 is 0 Å². The molecule has 0 unspecified atom stereocenters. The normalized spacial score (nSPS) is 23.5. The van der Waals surface area contributed by atoms with Crippen molar-refractivity contribution in [2.45, 2.75) is 63.5 Å². The summed E-state index contributed by atoms with van der Waals surface area (Å²) in [5.41, 5.74) is 9.12. The first-order chi connectivity index (χ1) is 7.42.